The molecule has 0 saturated heterocycles. The predicted octanol–water partition coefficient (Wildman–Crippen LogP) is 9.48. The molecule has 0 fully saturated rings. The number of rotatable bonds is 5. The van der Waals surface area contributed by atoms with Gasteiger partial charge in [0, 0.05) is 40.8 Å². The van der Waals surface area contributed by atoms with Gasteiger partial charge in [-0.1, -0.05) is 98.1 Å². The molecule has 3 heteroatoms. The highest BCUT2D eigenvalue weighted by Crippen LogP contribution is 2.40. The van der Waals surface area contributed by atoms with Gasteiger partial charge >= 0.3 is 0 Å². The number of fused-ring (bicyclic) bond motifs is 4. The molecule has 1 nitrogen and oxygen atoms in total. The molecule has 0 unspecified atom stereocenters. The minimum absolute atomic E-state index is 1.05. The molecular weight excluding hydrogens is 511 g/mol. The van der Waals surface area contributed by atoms with E-state index < -0.39 is 0 Å². The first kappa shape index (κ1) is 23.7. The zero-order valence-electron chi connectivity index (χ0n) is 21.3. The zero-order valence-corrected chi connectivity index (χ0v) is 22.9. The summed E-state index contributed by atoms with van der Waals surface area (Å²) in [6.45, 7) is 8.47. The van der Waals surface area contributed by atoms with Crippen molar-refractivity contribution in [3.63, 3.8) is 0 Å². The molecule has 7 rings (SSSR count). The second-order valence-corrected chi connectivity index (χ2v) is 11.7. The third-order valence-corrected chi connectivity index (χ3v) is 9.70. The molecule has 2 heterocycles. The van der Waals surface area contributed by atoms with Crippen LogP contribution in [0, 0.1) is 0 Å². The largest absolute Gasteiger partial charge is 0.356 e. The Morgan fingerprint density at radius 1 is 0.615 bits per heavy atom. The van der Waals surface area contributed by atoms with Crippen LogP contribution in [0.5, 0.6) is 0 Å². The van der Waals surface area contributed by atoms with Crippen molar-refractivity contribution in [2.45, 2.75) is 0 Å². The average Bonchev–Trinajstić information content (AvgIpc) is 3.53. The van der Waals surface area contributed by atoms with Gasteiger partial charge in [-0.15, -0.1) is 22.7 Å². The maximum Gasteiger partial charge on any atom is 0.0433 e. The normalized spacial score (nSPS) is 12.2. The molecule has 1 N–H and O–H groups in total. The maximum absolute atomic E-state index is 4.36. The quantitative estimate of drug-likeness (QED) is 0.231. The van der Waals surface area contributed by atoms with E-state index in [4.69, 9.17) is 0 Å². The van der Waals surface area contributed by atoms with E-state index in [0.29, 0.717) is 0 Å². The van der Waals surface area contributed by atoms with Crippen LogP contribution in [0.1, 0.15) is 5.56 Å². The first-order valence-corrected chi connectivity index (χ1v) is 14.5. The van der Waals surface area contributed by atoms with Crippen LogP contribution in [0.15, 0.2) is 128 Å². The molecule has 0 amide bonds. The summed E-state index contributed by atoms with van der Waals surface area (Å²) in [6.07, 6.45) is 1.94. The number of anilines is 2. The van der Waals surface area contributed by atoms with Crippen molar-refractivity contribution in [3.8, 4) is 11.1 Å². The van der Waals surface area contributed by atoms with Gasteiger partial charge in [-0.2, -0.15) is 0 Å². The van der Waals surface area contributed by atoms with Crippen LogP contribution in [-0.4, -0.2) is 0 Å². The Morgan fingerprint density at radius 2 is 1.23 bits per heavy atom. The van der Waals surface area contributed by atoms with E-state index in [1.807, 2.05) is 17.4 Å². The van der Waals surface area contributed by atoms with Crippen LogP contribution < -0.4 is 15.1 Å². The van der Waals surface area contributed by atoms with Gasteiger partial charge in [0.05, 0.1) is 0 Å². The maximum atomic E-state index is 4.36. The second-order valence-electron chi connectivity index (χ2n) is 9.58. The van der Waals surface area contributed by atoms with E-state index in [1.165, 1.54) is 45.9 Å². The third-order valence-electron chi connectivity index (χ3n) is 7.23. The van der Waals surface area contributed by atoms with Gasteiger partial charge in [-0.05, 0) is 69.3 Å². The summed E-state index contributed by atoms with van der Waals surface area (Å²) in [7, 11) is 0. The van der Waals surface area contributed by atoms with Gasteiger partial charge in [0.1, 0.15) is 0 Å². The third kappa shape index (κ3) is 4.17. The first-order valence-electron chi connectivity index (χ1n) is 12.9. The predicted molar refractivity (Wildman–Crippen MR) is 174 cm³/mol. The lowest BCUT2D eigenvalue weighted by Gasteiger charge is -2.10. The SMILES string of the molecule is C=C/C(c1ccc(Nc2ccc(-c3cccc4c3sc3ccccc34)cc2)cc1)=c1/sc2ccccc2c1=C. The van der Waals surface area contributed by atoms with Crippen molar-refractivity contribution in [3.05, 3.63) is 143 Å². The van der Waals surface area contributed by atoms with Gasteiger partial charge in [0.25, 0.3) is 0 Å². The fourth-order valence-electron chi connectivity index (χ4n) is 5.27. The summed E-state index contributed by atoms with van der Waals surface area (Å²) in [4.78, 5) is 0. The lowest BCUT2D eigenvalue weighted by atomic mass is 10.0. The van der Waals surface area contributed by atoms with Crippen molar-refractivity contribution < 1.29 is 0 Å². The highest BCUT2D eigenvalue weighted by molar-refractivity contribution is 7.26. The number of hydrogen-bond acceptors (Lipinski definition) is 3. The Kier molecular flexibility index (Phi) is 5.89. The minimum Gasteiger partial charge on any atom is -0.356 e. The first-order chi connectivity index (χ1) is 19.2. The summed E-state index contributed by atoms with van der Waals surface area (Å²) in [5, 5.41) is 8.49. The van der Waals surface area contributed by atoms with Gasteiger partial charge in [0.2, 0.25) is 0 Å². The summed E-state index contributed by atoms with van der Waals surface area (Å²) in [6, 6.07) is 41.0. The van der Waals surface area contributed by atoms with Crippen LogP contribution in [0.3, 0.4) is 0 Å². The molecule has 0 radical (unpaired) electrons. The molecule has 2 aromatic heterocycles. The molecule has 7 aromatic rings. The molecule has 0 atom stereocenters. The van der Waals surface area contributed by atoms with E-state index in [1.54, 1.807) is 11.3 Å². The van der Waals surface area contributed by atoms with Gasteiger partial charge in [-0.25, -0.2) is 0 Å². The second kappa shape index (κ2) is 9.70. The fourth-order valence-corrected chi connectivity index (χ4v) is 7.72. The van der Waals surface area contributed by atoms with Crippen molar-refractivity contribution in [1.29, 1.82) is 0 Å². The van der Waals surface area contributed by atoms with Crippen LogP contribution in [0.2, 0.25) is 0 Å². The Bertz CT molecular complexity index is 2110. The fraction of sp³-hybridized carbons (Fsp3) is 0. The highest BCUT2D eigenvalue weighted by atomic mass is 32.1. The van der Waals surface area contributed by atoms with Gasteiger partial charge < -0.3 is 5.32 Å². The van der Waals surface area contributed by atoms with Crippen LogP contribution in [0.25, 0.3) is 53.5 Å². The summed E-state index contributed by atoms with van der Waals surface area (Å²) in [5.74, 6) is 0. The molecule has 0 saturated carbocycles. The van der Waals surface area contributed by atoms with E-state index in [9.17, 15) is 0 Å². The Hall–Kier alpha value is -4.44. The number of allylic oxidation sites excluding steroid dienone is 1. The van der Waals surface area contributed by atoms with E-state index >= 15 is 0 Å². The molecule has 5 aromatic carbocycles. The van der Waals surface area contributed by atoms with Crippen molar-refractivity contribution in [1.82, 2.24) is 0 Å². The topological polar surface area (TPSA) is 12.0 Å². The lowest BCUT2D eigenvalue weighted by Crippen LogP contribution is -2.19. The molecule has 0 spiro atoms. The Balaban J connectivity index is 1.17. The van der Waals surface area contributed by atoms with Crippen LogP contribution >= 0.6 is 22.7 Å². The van der Waals surface area contributed by atoms with E-state index in [2.05, 4.69) is 134 Å². The van der Waals surface area contributed by atoms with Crippen molar-refractivity contribution in [2.75, 3.05) is 5.32 Å². The summed E-state index contributed by atoms with van der Waals surface area (Å²) < 4.78 is 5.10. The number of nitrogens with one attached hydrogen (secondary N) is 1. The van der Waals surface area contributed by atoms with Gasteiger partial charge in [-0.3, -0.25) is 0 Å². The summed E-state index contributed by atoms with van der Waals surface area (Å²) >= 11 is 3.64. The summed E-state index contributed by atoms with van der Waals surface area (Å²) in [5.41, 5.74) is 6.88. The van der Waals surface area contributed by atoms with E-state index in [0.717, 1.165) is 27.7 Å². The molecule has 186 valence electrons. The van der Waals surface area contributed by atoms with Crippen molar-refractivity contribution >= 4 is 76.5 Å². The monoisotopic (exact) mass is 535 g/mol. The average molecular weight is 536 g/mol. The van der Waals surface area contributed by atoms with Gasteiger partial charge in [0.15, 0.2) is 0 Å². The molecule has 39 heavy (non-hydrogen) atoms. The van der Waals surface area contributed by atoms with Crippen LogP contribution in [-0.2, 0) is 0 Å². The van der Waals surface area contributed by atoms with E-state index in [-0.39, 0.29) is 0 Å². The lowest BCUT2D eigenvalue weighted by molar-refractivity contribution is 1.52. The highest BCUT2D eigenvalue weighted by Gasteiger charge is 2.10. The minimum atomic E-state index is 1.05. The smallest absolute Gasteiger partial charge is 0.0433 e. The van der Waals surface area contributed by atoms with Crippen LogP contribution in [0.4, 0.5) is 11.4 Å². The number of thiophene rings is 2. The number of hydrogen-bond donors (Lipinski definition) is 1. The Morgan fingerprint density at radius 3 is 1.92 bits per heavy atom. The molecule has 0 aliphatic carbocycles. The van der Waals surface area contributed by atoms with Crippen molar-refractivity contribution in [2.24, 2.45) is 0 Å². The molecular formula is C36H25NS2. The number of benzene rings is 5. The molecule has 0 aliphatic rings. The zero-order chi connectivity index (χ0) is 26.3. The molecule has 0 aliphatic heterocycles. The standard InChI is InChI=1S/C36H25NS2/c1-3-28(35-23(2)29-9-4-6-13-33(29)38-35)24-15-19-26(20-16-24)37-27-21-17-25(18-22-27)30-11-8-12-32-31-10-5-7-14-34(31)39-36(30)32/h3-22,37H,1-2H2/b35-28-. The molecule has 0 bridgehead atoms. The Labute approximate surface area is 235 Å².